The fraction of sp³-hybridized carbons (Fsp3) is 0.467. The van der Waals surface area contributed by atoms with Crippen molar-refractivity contribution in [2.24, 2.45) is 0 Å². The van der Waals surface area contributed by atoms with Crippen LogP contribution in [0.4, 0.5) is 11.4 Å². The van der Waals surface area contributed by atoms with E-state index in [4.69, 9.17) is 0 Å². The SMILES string of the molecule is CNC1C(=O)Nc2cc(N3CCCN(C)C(=O)C3)ccc21. The van der Waals surface area contributed by atoms with E-state index in [-0.39, 0.29) is 17.9 Å². The van der Waals surface area contributed by atoms with Crippen molar-refractivity contribution in [1.29, 1.82) is 0 Å². The van der Waals surface area contributed by atoms with Gasteiger partial charge >= 0.3 is 0 Å². The maximum atomic E-state index is 12.0. The van der Waals surface area contributed by atoms with Gasteiger partial charge < -0.3 is 20.4 Å². The van der Waals surface area contributed by atoms with Crippen LogP contribution in [0.3, 0.4) is 0 Å². The molecule has 2 amide bonds. The van der Waals surface area contributed by atoms with Gasteiger partial charge in [-0.25, -0.2) is 0 Å². The molecule has 0 radical (unpaired) electrons. The third-order valence-electron chi connectivity index (χ3n) is 4.20. The zero-order chi connectivity index (χ0) is 15.0. The Morgan fingerprint density at radius 1 is 1.29 bits per heavy atom. The van der Waals surface area contributed by atoms with Crippen LogP contribution in [0.2, 0.25) is 0 Å². The van der Waals surface area contributed by atoms with E-state index in [2.05, 4.69) is 15.5 Å². The first-order valence-electron chi connectivity index (χ1n) is 7.21. The minimum absolute atomic E-state index is 0.0312. The molecule has 0 saturated carbocycles. The summed E-state index contributed by atoms with van der Waals surface area (Å²) in [7, 11) is 3.61. The number of carbonyl (C=O) groups excluding carboxylic acids is 2. The summed E-state index contributed by atoms with van der Waals surface area (Å²) in [4.78, 5) is 27.7. The Morgan fingerprint density at radius 2 is 2.10 bits per heavy atom. The van der Waals surface area contributed by atoms with Gasteiger partial charge in [-0.05, 0) is 25.6 Å². The largest absolute Gasteiger partial charge is 0.362 e. The van der Waals surface area contributed by atoms with E-state index in [1.54, 1.807) is 11.9 Å². The van der Waals surface area contributed by atoms with Gasteiger partial charge in [0.1, 0.15) is 6.04 Å². The second kappa shape index (κ2) is 5.37. The summed E-state index contributed by atoms with van der Waals surface area (Å²) in [5.74, 6) is 0.0986. The number of benzene rings is 1. The molecule has 6 heteroatoms. The van der Waals surface area contributed by atoms with Crippen LogP contribution in [0.25, 0.3) is 0 Å². The Labute approximate surface area is 124 Å². The van der Waals surface area contributed by atoms with Crippen LogP contribution in [-0.2, 0) is 9.59 Å². The molecule has 2 aliphatic rings. The van der Waals surface area contributed by atoms with E-state index in [1.807, 2.05) is 25.2 Å². The molecule has 3 rings (SSSR count). The molecule has 112 valence electrons. The van der Waals surface area contributed by atoms with Crippen LogP contribution >= 0.6 is 0 Å². The lowest BCUT2D eigenvalue weighted by Gasteiger charge is -2.22. The van der Waals surface area contributed by atoms with Gasteiger partial charge in [0.2, 0.25) is 11.8 Å². The molecule has 2 N–H and O–H groups in total. The molecular formula is C15H20N4O2. The molecule has 0 aromatic heterocycles. The molecule has 1 aromatic rings. The van der Waals surface area contributed by atoms with Crippen molar-refractivity contribution in [3.63, 3.8) is 0 Å². The Balaban J connectivity index is 1.86. The topological polar surface area (TPSA) is 64.7 Å². The lowest BCUT2D eigenvalue weighted by molar-refractivity contribution is -0.127. The number of rotatable bonds is 2. The Hall–Kier alpha value is -2.08. The van der Waals surface area contributed by atoms with Gasteiger partial charge in [-0.1, -0.05) is 6.07 Å². The summed E-state index contributed by atoms with van der Waals surface area (Å²) in [5, 5.41) is 5.90. The van der Waals surface area contributed by atoms with Gasteiger partial charge in [0.25, 0.3) is 0 Å². The standard InChI is InChI=1S/C15H20N4O2/c1-16-14-11-5-4-10(8-12(11)17-15(14)21)19-7-3-6-18(2)13(20)9-19/h4-5,8,14,16H,3,6-7,9H2,1-2H3,(H,17,21). The van der Waals surface area contributed by atoms with E-state index in [9.17, 15) is 9.59 Å². The molecule has 1 unspecified atom stereocenters. The molecule has 2 aliphatic heterocycles. The first-order chi connectivity index (χ1) is 10.1. The van der Waals surface area contributed by atoms with Gasteiger partial charge in [-0.3, -0.25) is 9.59 Å². The Kier molecular flexibility index (Phi) is 3.55. The monoisotopic (exact) mass is 288 g/mol. The highest BCUT2D eigenvalue weighted by Crippen LogP contribution is 2.34. The maximum Gasteiger partial charge on any atom is 0.246 e. The highest BCUT2D eigenvalue weighted by molar-refractivity contribution is 6.03. The fourth-order valence-corrected chi connectivity index (χ4v) is 2.94. The van der Waals surface area contributed by atoms with Gasteiger partial charge in [0.05, 0.1) is 6.54 Å². The first kappa shape index (κ1) is 13.9. The van der Waals surface area contributed by atoms with Crippen LogP contribution in [-0.4, -0.2) is 50.4 Å². The van der Waals surface area contributed by atoms with E-state index in [0.29, 0.717) is 6.54 Å². The molecule has 0 spiro atoms. The number of anilines is 2. The summed E-state index contributed by atoms with van der Waals surface area (Å²) < 4.78 is 0. The van der Waals surface area contributed by atoms with E-state index >= 15 is 0 Å². The average Bonchev–Trinajstić information content (AvgIpc) is 2.69. The summed E-state index contributed by atoms with van der Waals surface area (Å²) in [6.45, 7) is 2.02. The summed E-state index contributed by atoms with van der Waals surface area (Å²) in [5.41, 5.74) is 2.78. The molecule has 6 nitrogen and oxygen atoms in total. The minimum atomic E-state index is -0.286. The third kappa shape index (κ3) is 2.47. The Bertz CT molecular complexity index is 587. The lowest BCUT2D eigenvalue weighted by atomic mass is 10.1. The second-order valence-electron chi connectivity index (χ2n) is 5.57. The van der Waals surface area contributed by atoms with E-state index < -0.39 is 0 Å². The van der Waals surface area contributed by atoms with Crippen molar-refractivity contribution in [2.75, 3.05) is 43.9 Å². The number of carbonyl (C=O) groups is 2. The molecule has 1 aromatic carbocycles. The quantitative estimate of drug-likeness (QED) is 0.835. The summed E-state index contributed by atoms with van der Waals surface area (Å²) in [6, 6.07) is 5.62. The van der Waals surface area contributed by atoms with Crippen LogP contribution in [0.1, 0.15) is 18.0 Å². The number of fused-ring (bicyclic) bond motifs is 1. The van der Waals surface area contributed by atoms with Gasteiger partial charge in [-0.15, -0.1) is 0 Å². The fourth-order valence-electron chi connectivity index (χ4n) is 2.94. The highest BCUT2D eigenvalue weighted by Gasteiger charge is 2.30. The lowest BCUT2D eigenvalue weighted by Crippen LogP contribution is -2.34. The predicted molar refractivity (Wildman–Crippen MR) is 81.3 cm³/mol. The van der Waals surface area contributed by atoms with Gasteiger partial charge in [0, 0.05) is 37.1 Å². The smallest absolute Gasteiger partial charge is 0.246 e. The molecular weight excluding hydrogens is 268 g/mol. The molecule has 1 saturated heterocycles. The third-order valence-corrected chi connectivity index (χ3v) is 4.20. The van der Waals surface area contributed by atoms with Gasteiger partial charge in [0.15, 0.2) is 0 Å². The number of hydrogen-bond donors (Lipinski definition) is 2. The average molecular weight is 288 g/mol. The van der Waals surface area contributed by atoms with Gasteiger partial charge in [-0.2, -0.15) is 0 Å². The van der Waals surface area contributed by atoms with Crippen molar-refractivity contribution >= 4 is 23.2 Å². The molecule has 1 fully saturated rings. The molecule has 2 heterocycles. The predicted octanol–water partition coefficient (Wildman–Crippen LogP) is 0.568. The van der Waals surface area contributed by atoms with Crippen LogP contribution in [0.15, 0.2) is 18.2 Å². The zero-order valence-corrected chi connectivity index (χ0v) is 12.3. The number of nitrogens with one attached hydrogen (secondary N) is 2. The number of amides is 2. The summed E-state index contributed by atoms with van der Waals surface area (Å²) in [6.07, 6.45) is 0.949. The summed E-state index contributed by atoms with van der Waals surface area (Å²) >= 11 is 0. The van der Waals surface area contributed by atoms with Crippen molar-refractivity contribution in [2.45, 2.75) is 12.5 Å². The van der Waals surface area contributed by atoms with Crippen LogP contribution in [0.5, 0.6) is 0 Å². The number of hydrogen-bond acceptors (Lipinski definition) is 4. The van der Waals surface area contributed by atoms with E-state index in [0.717, 1.165) is 36.4 Å². The van der Waals surface area contributed by atoms with Crippen molar-refractivity contribution in [3.05, 3.63) is 23.8 Å². The van der Waals surface area contributed by atoms with E-state index in [1.165, 1.54) is 0 Å². The normalized spacial score (nSPS) is 22.1. The zero-order valence-electron chi connectivity index (χ0n) is 12.3. The molecule has 21 heavy (non-hydrogen) atoms. The van der Waals surface area contributed by atoms with Crippen molar-refractivity contribution in [3.8, 4) is 0 Å². The maximum absolute atomic E-state index is 12.0. The van der Waals surface area contributed by atoms with Crippen LogP contribution in [0, 0.1) is 0 Å². The molecule has 1 atom stereocenters. The second-order valence-corrected chi connectivity index (χ2v) is 5.57. The number of nitrogens with zero attached hydrogens (tertiary/aromatic N) is 2. The highest BCUT2D eigenvalue weighted by atomic mass is 16.2. The first-order valence-corrected chi connectivity index (χ1v) is 7.21. The molecule has 0 bridgehead atoms. The van der Waals surface area contributed by atoms with Crippen LogP contribution < -0.4 is 15.5 Å². The number of likely N-dealkylation sites (N-methyl/N-ethyl adjacent to an activating group) is 2. The van der Waals surface area contributed by atoms with Crippen molar-refractivity contribution < 1.29 is 9.59 Å². The van der Waals surface area contributed by atoms with Crippen molar-refractivity contribution in [1.82, 2.24) is 10.2 Å². The Morgan fingerprint density at radius 3 is 2.86 bits per heavy atom. The molecule has 0 aliphatic carbocycles. The minimum Gasteiger partial charge on any atom is -0.362 e.